The van der Waals surface area contributed by atoms with E-state index in [1.807, 2.05) is 0 Å². The maximum Gasteiger partial charge on any atom is 0.324 e. The molecule has 1 aromatic heterocycles. The van der Waals surface area contributed by atoms with Gasteiger partial charge in [0.05, 0.1) is 6.54 Å². The van der Waals surface area contributed by atoms with Crippen molar-refractivity contribution >= 4 is 33.2 Å². The number of aromatic nitrogens is 2. The lowest BCUT2D eigenvalue weighted by Gasteiger charge is -2.33. The highest BCUT2D eigenvalue weighted by molar-refractivity contribution is 7.85. The van der Waals surface area contributed by atoms with Gasteiger partial charge in [-0.2, -0.15) is 8.78 Å². The molecule has 2 aromatic carbocycles. The average Bonchev–Trinajstić information content (AvgIpc) is 3.34. The minimum Gasteiger partial charge on any atom is -0.415 e. The van der Waals surface area contributed by atoms with E-state index >= 15 is 4.39 Å². The van der Waals surface area contributed by atoms with E-state index in [0.717, 1.165) is 11.0 Å². The van der Waals surface area contributed by atoms with Crippen molar-refractivity contribution in [3.63, 3.8) is 0 Å². The quantitative estimate of drug-likeness (QED) is 0.515. The minimum atomic E-state index is -2.93. The Hall–Kier alpha value is -3.06. The van der Waals surface area contributed by atoms with Crippen molar-refractivity contribution in [2.45, 2.75) is 17.9 Å². The van der Waals surface area contributed by atoms with Crippen LogP contribution >= 0.6 is 0 Å². The third kappa shape index (κ3) is 5.78. The van der Waals surface area contributed by atoms with Crippen LogP contribution < -0.4 is 4.90 Å². The number of benzene rings is 2. The Bertz CT molecular complexity index is 1260. The van der Waals surface area contributed by atoms with E-state index in [2.05, 4.69) is 10.2 Å². The molecule has 2 amide bonds. The van der Waals surface area contributed by atoms with Crippen molar-refractivity contribution in [2.75, 3.05) is 35.8 Å². The van der Waals surface area contributed by atoms with Gasteiger partial charge in [-0.05, 0) is 42.7 Å². The number of halogens is 3. The van der Waals surface area contributed by atoms with E-state index in [1.54, 1.807) is 35.4 Å². The van der Waals surface area contributed by atoms with Gasteiger partial charge in [0.25, 0.3) is 5.89 Å². The van der Waals surface area contributed by atoms with E-state index in [9.17, 15) is 17.8 Å². The van der Waals surface area contributed by atoms with Crippen LogP contribution in [-0.2, 0) is 28.0 Å². The summed E-state index contributed by atoms with van der Waals surface area (Å²) >= 11 is 0. The lowest BCUT2D eigenvalue weighted by atomic mass is 10.1. The lowest BCUT2D eigenvalue weighted by molar-refractivity contribution is 0.116. The summed E-state index contributed by atoms with van der Waals surface area (Å²) in [5, 5.41) is 6.78. The molecule has 2 heterocycles. The van der Waals surface area contributed by atoms with E-state index in [4.69, 9.17) is 9.20 Å². The molecule has 0 saturated carbocycles. The number of carbonyl (C=O) groups is 1. The van der Waals surface area contributed by atoms with Gasteiger partial charge in [-0.1, -0.05) is 16.8 Å². The van der Waals surface area contributed by atoms with E-state index in [1.165, 1.54) is 17.0 Å². The zero-order valence-electron chi connectivity index (χ0n) is 18.6. The summed E-state index contributed by atoms with van der Waals surface area (Å²) < 4.78 is 65.0. The van der Waals surface area contributed by atoms with Crippen molar-refractivity contribution < 1.29 is 26.6 Å². The average molecular weight is 526 g/mol. The third-order valence-corrected chi connectivity index (χ3v) is 7.69. The molecule has 0 spiro atoms. The van der Waals surface area contributed by atoms with Gasteiger partial charge < -0.3 is 9.32 Å². The summed E-state index contributed by atoms with van der Waals surface area (Å²) in [6, 6.07) is 10.6. The van der Waals surface area contributed by atoms with Crippen LogP contribution in [0.25, 0.3) is 11.5 Å². The number of hydrogen-bond donors (Lipinski definition) is 1. The van der Waals surface area contributed by atoms with Crippen LogP contribution in [-0.4, -0.2) is 56.2 Å². The molecule has 4 rings (SSSR count). The summed E-state index contributed by atoms with van der Waals surface area (Å²) in [5.41, 5.74) is 0.853. The summed E-state index contributed by atoms with van der Waals surface area (Å²) in [6.07, 6.45) is -1.17. The predicted octanol–water partition coefficient (Wildman–Crippen LogP) is 4.37. The number of amides is 2. The highest BCUT2D eigenvalue weighted by Gasteiger charge is 2.27. The summed E-state index contributed by atoms with van der Waals surface area (Å²) in [4.78, 5) is 17.2. The van der Waals surface area contributed by atoms with Crippen LogP contribution in [0.2, 0.25) is 0 Å². The molecule has 1 aliphatic heterocycles. The maximum atomic E-state index is 15.1. The van der Waals surface area contributed by atoms with Crippen molar-refractivity contribution in [2.24, 2.45) is 0 Å². The Labute approximate surface area is 204 Å². The molecule has 186 valence electrons. The number of nitrogens with one attached hydrogen (secondary N) is 1. The standard InChI is InChI=1S/C22H22F3N5O3S2/c1-34(26)17-6-4-16(5-7-17)30(22(31)29-8-10-35(32)11-9-29)13-15-3-2-14(12-18(15)23)20-27-28-21(33-20)19(24)25/h2-7,12,19,26H,8-11,13H2,1H3. The van der Waals surface area contributed by atoms with E-state index < -0.39 is 39.6 Å². The first-order valence-corrected chi connectivity index (χ1v) is 13.6. The molecule has 1 unspecified atom stereocenters. The molecule has 35 heavy (non-hydrogen) atoms. The molecule has 1 N–H and O–H groups in total. The van der Waals surface area contributed by atoms with Crippen LogP contribution in [0, 0.1) is 10.6 Å². The molecule has 1 atom stereocenters. The second-order valence-corrected chi connectivity index (χ2v) is 10.9. The van der Waals surface area contributed by atoms with Gasteiger partial charge in [-0.15, -0.1) is 10.2 Å². The van der Waals surface area contributed by atoms with Gasteiger partial charge in [-0.25, -0.2) is 9.18 Å². The molecule has 3 aromatic rings. The molecule has 8 nitrogen and oxygen atoms in total. The van der Waals surface area contributed by atoms with Crippen molar-refractivity contribution in [1.82, 2.24) is 15.1 Å². The molecule has 0 bridgehead atoms. The second-order valence-electron chi connectivity index (χ2n) is 7.76. The number of rotatable bonds is 6. The predicted molar refractivity (Wildman–Crippen MR) is 126 cm³/mol. The van der Waals surface area contributed by atoms with Gasteiger partial charge in [0.2, 0.25) is 5.89 Å². The highest BCUT2D eigenvalue weighted by Crippen LogP contribution is 2.27. The highest BCUT2D eigenvalue weighted by atomic mass is 32.2. The first-order chi connectivity index (χ1) is 16.7. The van der Waals surface area contributed by atoms with Gasteiger partial charge in [0.15, 0.2) is 0 Å². The Morgan fingerprint density at radius 3 is 2.46 bits per heavy atom. The van der Waals surface area contributed by atoms with E-state index in [0.29, 0.717) is 30.3 Å². The zero-order valence-corrected chi connectivity index (χ0v) is 20.3. The summed E-state index contributed by atoms with van der Waals surface area (Å²) in [5.74, 6) is -1.00. The number of urea groups is 1. The van der Waals surface area contributed by atoms with Crippen LogP contribution in [0.15, 0.2) is 51.8 Å². The first-order valence-electron chi connectivity index (χ1n) is 10.5. The second kappa shape index (κ2) is 10.7. The molecular weight excluding hydrogens is 503 g/mol. The topological polar surface area (TPSA) is 103 Å². The fourth-order valence-electron chi connectivity index (χ4n) is 3.52. The van der Waals surface area contributed by atoms with Crippen molar-refractivity contribution in [3.8, 4) is 11.5 Å². The fraction of sp³-hybridized carbons (Fsp3) is 0.318. The number of nitrogens with zero attached hydrogens (tertiary/aromatic N) is 4. The van der Waals surface area contributed by atoms with E-state index in [-0.39, 0.29) is 29.6 Å². The number of hydrogen-bond acceptors (Lipinski definition) is 6. The van der Waals surface area contributed by atoms with Crippen molar-refractivity contribution in [1.29, 1.82) is 4.78 Å². The van der Waals surface area contributed by atoms with Gasteiger partial charge in [0, 0.05) is 57.1 Å². The maximum absolute atomic E-state index is 15.1. The molecule has 0 aliphatic carbocycles. The Morgan fingerprint density at radius 2 is 1.89 bits per heavy atom. The molecule has 1 fully saturated rings. The van der Waals surface area contributed by atoms with Crippen LogP contribution in [0.3, 0.4) is 0 Å². The lowest BCUT2D eigenvalue weighted by Crippen LogP contribution is -2.48. The smallest absolute Gasteiger partial charge is 0.324 e. The normalized spacial score (nSPS) is 15.4. The Balaban J connectivity index is 1.62. The number of carbonyl (C=O) groups excluding carboxylic acids is 1. The van der Waals surface area contributed by atoms with Gasteiger partial charge >= 0.3 is 12.5 Å². The van der Waals surface area contributed by atoms with Crippen LogP contribution in [0.4, 0.5) is 23.7 Å². The van der Waals surface area contributed by atoms with Crippen LogP contribution in [0.5, 0.6) is 0 Å². The molecule has 0 radical (unpaired) electrons. The first kappa shape index (κ1) is 25.0. The molecule has 1 aliphatic rings. The number of alkyl halides is 2. The van der Waals surface area contributed by atoms with Gasteiger partial charge in [0.1, 0.15) is 5.82 Å². The fourth-order valence-corrected chi connectivity index (χ4v) is 5.11. The molecular formula is C22H22F3N5O3S2. The Kier molecular flexibility index (Phi) is 7.65. The summed E-state index contributed by atoms with van der Waals surface area (Å²) in [6.45, 7) is 0.557. The minimum absolute atomic E-state index is 0.102. The van der Waals surface area contributed by atoms with Gasteiger partial charge in [-0.3, -0.25) is 13.9 Å². The molecule has 13 heteroatoms. The molecule has 1 saturated heterocycles. The SMILES string of the molecule is CS(=N)c1ccc(N(Cc2ccc(-c3nnc(C(F)F)o3)cc2F)C(=O)N2CCS(=O)CC2)cc1. The zero-order chi connectivity index (χ0) is 25.1. The number of anilines is 1. The summed E-state index contributed by atoms with van der Waals surface area (Å²) in [7, 11) is -1.67. The largest absolute Gasteiger partial charge is 0.415 e. The third-order valence-electron chi connectivity index (χ3n) is 5.44. The van der Waals surface area contributed by atoms with Crippen molar-refractivity contribution in [3.05, 3.63) is 59.7 Å². The van der Waals surface area contributed by atoms with Crippen LogP contribution in [0.1, 0.15) is 17.9 Å². The Morgan fingerprint density at radius 1 is 1.20 bits per heavy atom. The monoisotopic (exact) mass is 525 g/mol.